The van der Waals surface area contributed by atoms with Crippen molar-refractivity contribution in [2.24, 2.45) is 0 Å². The number of benzene rings is 2. The Hall–Kier alpha value is -3.55. The molecule has 1 saturated heterocycles. The van der Waals surface area contributed by atoms with Gasteiger partial charge in [0.2, 0.25) is 0 Å². The van der Waals surface area contributed by atoms with Crippen LogP contribution in [0.4, 0.5) is 4.39 Å². The lowest BCUT2D eigenvalue weighted by atomic mass is 9.94. The minimum Gasteiger partial charge on any atom is -0.481 e. The Morgan fingerprint density at radius 1 is 1.05 bits per heavy atom. The standard InChI is InChI=1S/C32H37FN2O4/c1-21(2)31-27(17-16-25(36)19-26(37)20-29(38)39)30(22-12-14-24(33)15-13-22)32(23-9-5-3-6-10-23)35(31)28-11-7-4-8-18-34-28/h3,5-6,9-10,12-17,21,25,28,34,36H,4,7-8,11,18-20H2,1-2H3,(H,38,39). The summed E-state index contributed by atoms with van der Waals surface area (Å²) in [7, 11) is 0. The topological polar surface area (TPSA) is 91.6 Å². The quantitative estimate of drug-likeness (QED) is 0.257. The summed E-state index contributed by atoms with van der Waals surface area (Å²) < 4.78 is 16.4. The van der Waals surface area contributed by atoms with Crippen molar-refractivity contribution in [3.05, 3.63) is 77.7 Å². The molecule has 0 amide bonds. The molecule has 0 saturated carbocycles. The lowest BCUT2D eigenvalue weighted by Gasteiger charge is -2.26. The maximum atomic E-state index is 14.0. The Labute approximate surface area is 229 Å². The van der Waals surface area contributed by atoms with Crippen molar-refractivity contribution < 1.29 is 24.2 Å². The smallest absolute Gasteiger partial charge is 0.310 e. The zero-order valence-corrected chi connectivity index (χ0v) is 22.6. The second-order valence-electron chi connectivity index (χ2n) is 10.5. The molecule has 1 fully saturated rings. The average molecular weight is 533 g/mol. The number of carboxylic acid groups (broad SMARTS) is 1. The normalized spacial score (nSPS) is 16.9. The van der Waals surface area contributed by atoms with Crippen LogP contribution in [0.1, 0.15) is 75.7 Å². The molecular weight excluding hydrogens is 495 g/mol. The molecule has 0 radical (unpaired) electrons. The minimum atomic E-state index is -1.21. The van der Waals surface area contributed by atoms with Crippen molar-refractivity contribution in [3.8, 4) is 22.4 Å². The molecule has 3 N–H and O–H groups in total. The predicted molar refractivity (Wildman–Crippen MR) is 152 cm³/mol. The van der Waals surface area contributed by atoms with Crippen molar-refractivity contribution in [3.63, 3.8) is 0 Å². The summed E-state index contributed by atoms with van der Waals surface area (Å²) in [4.78, 5) is 22.9. The molecule has 0 aliphatic carbocycles. The summed E-state index contributed by atoms with van der Waals surface area (Å²) in [6.07, 6.45) is 5.78. The molecule has 206 valence electrons. The first kappa shape index (κ1) is 28.5. The Balaban J connectivity index is 1.95. The van der Waals surface area contributed by atoms with E-state index in [0.29, 0.717) is 0 Å². The van der Waals surface area contributed by atoms with Gasteiger partial charge >= 0.3 is 5.97 Å². The first-order valence-corrected chi connectivity index (χ1v) is 13.7. The Morgan fingerprint density at radius 3 is 2.44 bits per heavy atom. The summed E-state index contributed by atoms with van der Waals surface area (Å²) in [6.45, 7) is 5.18. The van der Waals surface area contributed by atoms with Crippen molar-refractivity contribution in [2.45, 2.75) is 70.6 Å². The van der Waals surface area contributed by atoms with Gasteiger partial charge in [-0.1, -0.05) is 74.9 Å². The number of carboxylic acids is 1. The van der Waals surface area contributed by atoms with E-state index in [4.69, 9.17) is 5.11 Å². The molecule has 6 nitrogen and oxygen atoms in total. The fourth-order valence-electron chi connectivity index (χ4n) is 5.48. The molecule has 2 aromatic carbocycles. The SMILES string of the molecule is CC(C)c1c(C=CC(O)CC(=O)CC(=O)O)c(-c2ccc(F)cc2)c(-c2ccccc2)n1C1CCCCCN1. The van der Waals surface area contributed by atoms with Gasteiger partial charge in [0.15, 0.2) is 0 Å². The zero-order chi connectivity index (χ0) is 27.9. The van der Waals surface area contributed by atoms with E-state index in [1.807, 2.05) is 24.3 Å². The van der Waals surface area contributed by atoms with E-state index in [1.165, 1.54) is 12.1 Å². The number of carbonyl (C=O) groups excluding carboxylic acids is 1. The Morgan fingerprint density at radius 2 is 1.77 bits per heavy atom. The Bertz CT molecular complexity index is 1300. The molecule has 7 heteroatoms. The fraction of sp³-hybridized carbons (Fsp3) is 0.375. The van der Waals surface area contributed by atoms with Gasteiger partial charge in [0, 0.05) is 23.2 Å². The highest BCUT2D eigenvalue weighted by atomic mass is 19.1. The zero-order valence-electron chi connectivity index (χ0n) is 22.6. The number of halogens is 1. The molecule has 2 atom stereocenters. The largest absolute Gasteiger partial charge is 0.481 e. The Kier molecular flexibility index (Phi) is 9.49. The van der Waals surface area contributed by atoms with Crippen molar-refractivity contribution >= 4 is 17.8 Å². The molecule has 39 heavy (non-hydrogen) atoms. The van der Waals surface area contributed by atoms with E-state index in [1.54, 1.807) is 18.2 Å². The fourth-order valence-corrected chi connectivity index (χ4v) is 5.48. The third-order valence-electron chi connectivity index (χ3n) is 7.13. The predicted octanol–water partition coefficient (Wildman–Crippen LogP) is 6.55. The molecule has 0 spiro atoms. The van der Waals surface area contributed by atoms with Crippen molar-refractivity contribution in [1.29, 1.82) is 0 Å². The molecular formula is C32H37FN2O4. The number of rotatable bonds is 10. The third-order valence-corrected chi connectivity index (χ3v) is 7.13. The van der Waals surface area contributed by atoms with Crippen LogP contribution in [0.2, 0.25) is 0 Å². The molecule has 2 heterocycles. The number of Topliss-reactive ketones (excluding diaryl/α,β-unsaturated/α-hetero) is 1. The molecule has 0 bridgehead atoms. The molecule has 4 rings (SSSR count). The maximum Gasteiger partial charge on any atom is 0.310 e. The van der Waals surface area contributed by atoms with Gasteiger partial charge in [-0.25, -0.2) is 4.39 Å². The van der Waals surface area contributed by atoms with Crippen LogP contribution in [0.25, 0.3) is 28.5 Å². The van der Waals surface area contributed by atoms with E-state index in [2.05, 4.69) is 35.9 Å². The number of hydrogen-bond donors (Lipinski definition) is 3. The molecule has 1 aliphatic rings. The highest BCUT2D eigenvalue weighted by Gasteiger charge is 2.29. The van der Waals surface area contributed by atoms with Crippen LogP contribution in [0.15, 0.2) is 60.7 Å². The molecule has 1 aliphatic heterocycles. The van der Waals surface area contributed by atoms with Crippen LogP contribution in [-0.2, 0) is 9.59 Å². The second kappa shape index (κ2) is 13.0. The maximum absolute atomic E-state index is 14.0. The van der Waals surface area contributed by atoms with Gasteiger partial charge in [0.1, 0.15) is 18.0 Å². The highest BCUT2D eigenvalue weighted by Crippen LogP contribution is 2.45. The number of aromatic nitrogens is 1. The average Bonchev–Trinajstić information content (AvgIpc) is 3.02. The number of aliphatic carboxylic acids is 1. The lowest BCUT2D eigenvalue weighted by molar-refractivity contribution is -0.140. The van der Waals surface area contributed by atoms with Gasteiger partial charge in [-0.05, 0) is 55.0 Å². The van der Waals surface area contributed by atoms with Gasteiger partial charge in [0.25, 0.3) is 0 Å². The highest BCUT2D eigenvalue weighted by molar-refractivity contribution is 5.95. The van der Waals surface area contributed by atoms with Crippen LogP contribution in [0.5, 0.6) is 0 Å². The number of hydrogen-bond acceptors (Lipinski definition) is 4. The van der Waals surface area contributed by atoms with Gasteiger partial charge in [-0.3, -0.25) is 14.9 Å². The number of aliphatic hydroxyl groups excluding tert-OH is 1. The van der Waals surface area contributed by atoms with E-state index < -0.39 is 24.3 Å². The van der Waals surface area contributed by atoms with Gasteiger partial charge in [-0.2, -0.15) is 0 Å². The monoisotopic (exact) mass is 532 g/mol. The van der Waals surface area contributed by atoms with Crippen LogP contribution < -0.4 is 5.32 Å². The van der Waals surface area contributed by atoms with Crippen molar-refractivity contribution in [2.75, 3.05) is 6.54 Å². The number of ketones is 1. The first-order valence-electron chi connectivity index (χ1n) is 13.7. The summed E-state index contributed by atoms with van der Waals surface area (Å²) in [5.41, 5.74) is 5.79. The van der Waals surface area contributed by atoms with E-state index in [-0.39, 0.29) is 24.3 Å². The van der Waals surface area contributed by atoms with E-state index in [0.717, 1.165) is 65.9 Å². The summed E-state index contributed by atoms with van der Waals surface area (Å²) in [6, 6.07) is 16.6. The molecule has 1 aromatic heterocycles. The number of nitrogens with zero attached hydrogens (tertiary/aromatic N) is 1. The lowest BCUT2D eigenvalue weighted by Crippen LogP contribution is -2.28. The van der Waals surface area contributed by atoms with Crippen LogP contribution in [-0.4, -0.2) is 39.2 Å². The van der Waals surface area contributed by atoms with Crippen LogP contribution in [0.3, 0.4) is 0 Å². The van der Waals surface area contributed by atoms with Crippen LogP contribution in [0, 0.1) is 5.82 Å². The third kappa shape index (κ3) is 6.91. The summed E-state index contributed by atoms with van der Waals surface area (Å²) >= 11 is 0. The summed E-state index contributed by atoms with van der Waals surface area (Å²) in [5.74, 6) is -1.96. The molecule has 2 unspecified atom stereocenters. The summed E-state index contributed by atoms with van der Waals surface area (Å²) in [5, 5.41) is 23.3. The first-order chi connectivity index (χ1) is 18.8. The van der Waals surface area contributed by atoms with E-state index >= 15 is 0 Å². The number of aliphatic hydroxyl groups is 1. The van der Waals surface area contributed by atoms with Gasteiger partial charge in [-0.15, -0.1) is 0 Å². The van der Waals surface area contributed by atoms with E-state index in [9.17, 15) is 19.1 Å². The van der Waals surface area contributed by atoms with Crippen LogP contribution >= 0.6 is 0 Å². The van der Waals surface area contributed by atoms with Gasteiger partial charge in [0.05, 0.1) is 18.0 Å². The number of carbonyl (C=O) groups is 2. The number of nitrogens with one attached hydrogen (secondary N) is 1. The minimum absolute atomic E-state index is 0.0588. The van der Waals surface area contributed by atoms with Crippen molar-refractivity contribution in [1.82, 2.24) is 9.88 Å². The van der Waals surface area contributed by atoms with Gasteiger partial charge < -0.3 is 14.8 Å². The molecule has 3 aromatic rings. The second-order valence-corrected chi connectivity index (χ2v) is 10.5.